The van der Waals surface area contributed by atoms with Gasteiger partial charge in [-0.15, -0.1) is 0 Å². The fraction of sp³-hybridized carbons (Fsp3) is 0.800. The number of hydrogen-bond acceptors (Lipinski definition) is 1. The highest BCUT2D eigenvalue weighted by molar-refractivity contribution is 14.1. The van der Waals surface area contributed by atoms with E-state index in [9.17, 15) is 4.79 Å². The maximum Gasteiger partial charge on any atom is 0.306 e. The maximum absolute atomic E-state index is 10.1. The fourth-order valence-corrected chi connectivity index (χ4v) is 1.98. The van der Waals surface area contributed by atoms with Crippen molar-refractivity contribution in [3.05, 3.63) is 0 Å². The molecule has 0 radical (unpaired) electrons. The smallest absolute Gasteiger partial charge is 0.306 e. The summed E-state index contributed by atoms with van der Waals surface area (Å²) in [5.74, 6) is -0.658. The molecule has 1 aliphatic rings. The largest absolute Gasteiger partial charge is 0.481 e. The van der Waals surface area contributed by atoms with Crippen LogP contribution >= 0.6 is 22.6 Å². The molecule has 8 heavy (non-hydrogen) atoms. The van der Waals surface area contributed by atoms with Gasteiger partial charge in [-0.05, 0) is 12.8 Å². The predicted molar refractivity (Wildman–Crippen MR) is 38.2 cm³/mol. The van der Waals surface area contributed by atoms with Crippen LogP contribution in [-0.2, 0) is 4.79 Å². The molecule has 0 saturated heterocycles. The third-order valence-corrected chi connectivity index (χ3v) is 2.45. The lowest BCUT2D eigenvalue weighted by molar-refractivity contribution is -0.144. The molecular formula is C5H7IO2. The molecule has 0 bridgehead atoms. The lowest BCUT2D eigenvalue weighted by atomic mass is 9.86. The van der Waals surface area contributed by atoms with Crippen LogP contribution in [-0.4, -0.2) is 15.0 Å². The minimum atomic E-state index is -0.627. The van der Waals surface area contributed by atoms with E-state index in [0.717, 1.165) is 12.8 Å². The average Bonchev–Trinajstić information content (AvgIpc) is 1.57. The Morgan fingerprint density at radius 2 is 2.12 bits per heavy atom. The molecule has 0 atom stereocenters. The molecule has 0 spiro atoms. The molecule has 1 saturated carbocycles. The van der Waals surface area contributed by atoms with E-state index >= 15 is 0 Å². The molecule has 0 aromatic heterocycles. The number of aliphatic carboxylic acids is 1. The van der Waals surface area contributed by atoms with Crippen LogP contribution in [0.3, 0.4) is 0 Å². The maximum atomic E-state index is 10.1. The summed E-state index contributed by atoms with van der Waals surface area (Å²) < 4.78 is 0.619. The predicted octanol–water partition coefficient (Wildman–Crippen LogP) is 1.28. The Bertz CT molecular complexity index is 107. The van der Waals surface area contributed by atoms with Crippen LogP contribution in [0.2, 0.25) is 0 Å². The zero-order chi connectivity index (χ0) is 6.15. The summed E-state index contributed by atoms with van der Waals surface area (Å²) in [6.07, 6.45) is 1.74. The van der Waals surface area contributed by atoms with Gasteiger partial charge in [0.2, 0.25) is 0 Å². The van der Waals surface area contributed by atoms with Crippen molar-refractivity contribution in [2.45, 2.75) is 16.8 Å². The Hall–Kier alpha value is 0.200. The number of alkyl halides is 1. The standard InChI is InChI=1S/C5H7IO2/c6-4-1-3(2-4)5(7)8/h3-4H,1-2H2,(H,7,8). The molecule has 1 rings (SSSR count). The van der Waals surface area contributed by atoms with E-state index in [0.29, 0.717) is 3.92 Å². The van der Waals surface area contributed by atoms with Gasteiger partial charge >= 0.3 is 5.97 Å². The monoisotopic (exact) mass is 226 g/mol. The molecule has 0 unspecified atom stereocenters. The summed E-state index contributed by atoms with van der Waals surface area (Å²) in [6, 6.07) is 0. The van der Waals surface area contributed by atoms with Gasteiger partial charge < -0.3 is 5.11 Å². The van der Waals surface area contributed by atoms with Gasteiger partial charge in [0.25, 0.3) is 0 Å². The lowest BCUT2D eigenvalue weighted by Crippen LogP contribution is -2.30. The molecular weight excluding hydrogens is 219 g/mol. The van der Waals surface area contributed by atoms with E-state index < -0.39 is 5.97 Å². The molecule has 0 aliphatic heterocycles. The molecule has 0 aromatic rings. The Kier molecular flexibility index (Phi) is 1.74. The number of hydrogen-bond donors (Lipinski definition) is 1. The van der Waals surface area contributed by atoms with Crippen molar-refractivity contribution < 1.29 is 9.90 Å². The van der Waals surface area contributed by atoms with E-state index in [1.807, 2.05) is 0 Å². The van der Waals surface area contributed by atoms with Gasteiger partial charge in [-0.25, -0.2) is 0 Å². The van der Waals surface area contributed by atoms with Crippen molar-refractivity contribution in [2.24, 2.45) is 5.92 Å². The number of carbonyl (C=O) groups is 1. The van der Waals surface area contributed by atoms with Crippen LogP contribution < -0.4 is 0 Å². The van der Waals surface area contributed by atoms with E-state index in [1.54, 1.807) is 0 Å². The summed E-state index contributed by atoms with van der Waals surface area (Å²) >= 11 is 2.28. The van der Waals surface area contributed by atoms with E-state index in [4.69, 9.17) is 5.11 Å². The summed E-state index contributed by atoms with van der Waals surface area (Å²) in [5, 5.41) is 8.35. The third kappa shape index (κ3) is 1.13. The number of carboxylic acids is 1. The van der Waals surface area contributed by atoms with Crippen molar-refractivity contribution in [2.75, 3.05) is 0 Å². The molecule has 46 valence electrons. The minimum Gasteiger partial charge on any atom is -0.481 e. The highest BCUT2D eigenvalue weighted by atomic mass is 127. The summed E-state index contributed by atoms with van der Waals surface area (Å²) in [4.78, 5) is 10.1. The van der Waals surface area contributed by atoms with Crippen LogP contribution in [0, 0.1) is 5.92 Å². The van der Waals surface area contributed by atoms with Gasteiger partial charge in [0, 0.05) is 3.92 Å². The molecule has 0 heterocycles. The lowest BCUT2D eigenvalue weighted by Gasteiger charge is -2.26. The van der Waals surface area contributed by atoms with Crippen LogP contribution in [0.15, 0.2) is 0 Å². The van der Waals surface area contributed by atoms with E-state index in [2.05, 4.69) is 22.6 Å². The first-order valence-electron chi connectivity index (χ1n) is 2.57. The first kappa shape index (κ1) is 6.32. The van der Waals surface area contributed by atoms with Crippen LogP contribution in [0.25, 0.3) is 0 Å². The SMILES string of the molecule is O=C(O)C1CC(I)C1. The summed E-state index contributed by atoms with van der Waals surface area (Å²) in [5.41, 5.74) is 0. The van der Waals surface area contributed by atoms with Gasteiger partial charge in [0.15, 0.2) is 0 Å². The molecule has 1 N–H and O–H groups in total. The van der Waals surface area contributed by atoms with Crippen molar-refractivity contribution in [1.82, 2.24) is 0 Å². The first-order valence-corrected chi connectivity index (χ1v) is 3.81. The van der Waals surface area contributed by atoms with E-state index in [1.165, 1.54) is 0 Å². The zero-order valence-electron chi connectivity index (χ0n) is 4.30. The number of halogens is 1. The molecule has 1 aliphatic carbocycles. The van der Waals surface area contributed by atoms with Crippen molar-refractivity contribution in [1.29, 1.82) is 0 Å². The summed E-state index contributed by atoms with van der Waals surface area (Å²) in [6.45, 7) is 0. The molecule has 0 aromatic carbocycles. The minimum absolute atomic E-state index is 0.0306. The molecule has 2 nitrogen and oxygen atoms in total. The highest BCUT2D eigenvalue weighted by Crippen LogP contribution is 2.33. The van der Waals surface area contributed by atoms with Gasteiger partial charge in [0.05, 0.1) is 5.92 Å². The normalized spacial score (nSPS) is 36.1. The van der Waals surface area contributed by atoms with Gasteiger partial charge in [0.1, 0.15) is 0 Å². The second-order valence-electron chi connectivity index (χ2n) is 2.10. The second-order valence-corrected chi connectivity index (χ2v) is 3.87. The highest BCUT2D eigenvalue weighted by Gasteiger charge is 2.32. The second kappa shape index (κ2) is 2.21. The molecule has 0 amide bonds. The van der Waals surface area contributed by atoms with Crippen molar-refractivity contribution in [3.8, 4) is 0 Å². The third-order valence-electron chi connectivity index (χ3n) is 1.43. The van der Waals surface area contributed by atoms with Gasteiger partial charge in [-0.2, -0.15) is 0 Å². The van der Waals surface area contributed by atoms with Crippen molar-refractivity contribution >= 4 is 28.6 Å². The molecule has 1 fully saturated rings. The Balaban J connectivity index is 2.25. The molecule has 3 heteroatoms. The quantitative estimate of drug-likeness (QED) is 0.540. The average molecular weight is 226 g/mol. The Morgan fingerprint density at radius 3 is 2.25 bits per heavy atom. The van der Waals surface area contributed by atoms with Crippen LogP contribution in [0.5, 0.6) is 0 Å². The van der Waals surface area contributed by atoms with Crippen LogP contribution in [0.4, 0.5) is 0 Å². The first-order chi connectivity index (χ1) is 3.70. The summed E-state index contributed by atoms with van der Waals surface area (Å²) in [7, 11) is 0. The van der Waals surface area contributed by atoms with Gasteiger partial charge in [-0.1, -0.05) is 22.6 Å². The van der Waals surface area contributed by atoms with Gasteiger partial charge in [-0.3, -0.25) is 4.79 Å². The Labute approximate surface area is 61.4 Å². The zero-order valence-corrected chi connectivity index (χ0v) is 6.46. The van der Waals surface area contributed by atoms with Crippen molar-refractivity contribution in [3.63, 3.8) is 0 Å². The van der Waals surface area contributed by atoms with Crippen LogP contribution in [0.1, 0.15) is 12.8 Å². The number of carboxylic acid groups (broad SMARTS) is 1. The van der Waals surface area contributed by atoms with E-state index in [-0.39, 0.29) is 5.92 Å². The Morgan fingerprint density at radius 1 is 1.62 bits per heavy atom. The topological polar surface area (TPSA) is 37.3 Å². The fourth-order valence-electron chi connectivity index (χ4n) is 0.750. The number of rotatable bonds is 1.